The van der Waals surface area contributed by atoms with Gasteiger partial charge in [-0.15, -0.1) is 0 Å². The van der Waals surface area contributed by atoms with Crippen molar-refractivity contribution >= 4 is 11.4 Å². The number of ether oxygens (including phenoxy) is 1. The lowest BCUT2D eigenvalue weighted by Gasteiger charge is -2.36. The molecular formula is C29H35F2N3O. The Labute approximate surface area is 207 Å². The fraction of sp³-hybridized carbons (Fsp3) is 0.379. The lowest BCUT2D eigenvalue weighted by Crippen LogP contribution is -2.48. The number of aryl methyl sites for hydroxylation is 1. The zero-order valence-corrected chi connectivity index (χ0v) is 20.9. The Hall–Kier alpha value is -3.12. The molecule has 0 radical (unpaired) electrons. The van der Waals surface area contributed by atoms with E-state index in [9.17, 15) is 8.78 Å². The Bertz CT molecular complexity index is 1120. The number of hydrogen-bond acceptors (Lipinski definition) is 4. The number of halogens is 2. The van der Waals surface area contributed by atoms with E-state index >= 15 is 0 Å². The number of alkyl halides is 1. The molecule has 3 aromatic rings. The molecule has 35 heavy (non-hydrogen) atoms. The van der Waals surface area contributed by atoms with Gasteiger partial charge in [0.05, 0.1) is 0 Å². The molecular weight excluding hydrogens is 444 g/mol. The number of nitrogens with zero attached hydrogens (tertiary/aromatic N) is 2. The lowest BCUT2D eigenvalue weighted by atomic mass is 10.0. The van der Waals surface area contributed by atoms with Crippen molar-refractivity contribution in [2.75, 3.05) is 50.0 Å². The van der Waals surface area contributed by atoms with E-state index in [4.69, 9.17) is 10.5 Å². The van der Waals surface area contributed by atoms with Gasteiger partial charge in [0.1, 0.15) is 24.3 Å². The van der Waals surface area contributed by atoms with Gasteiger partial charge in [-0.1, -0.05) is 24.3 Å². The summed E-state index contributed by atoms with van der Waals surface area (Å²) in [5, 5.41) is 0. The van der Waals surface area contributed by atoms with Crippen LogP contribution in [0.15, 0.2) is 54.6 Å². The second-order valence-corrected chi connectivity index (χ2v) is 9.52. The van der Waals surface area contributed by atoms with Crippen LogP contribution < -0.4 is 15.4 Å². The van der Waals surface area contributed by atoms with Crippen LogP contribution in [0.25, 0.3) is 0 Å². The zero-order valence-electron chi connectivity index (χ0n) is 20.9. The molecule has 4 nitrogen and oxygen atoms in total. The van der Waals surface area contributed by atoms with Crippen LogP contribution in [0, 0.1) is 26.6 Å². The summed E-state index contributed by atoms with van der Waals surface area (Å²) in [5.41, 5.74) is 13.2. The van der Waals surface area contributed by atoms with Gasteiger partial charge in [-0.25, -0.2) is 8.78 Å². The van der Waals surface area contributed by atoms with Crippen LogP contribution in [0.5, 0.6) is 5.75 Å². The molecule has 0 bridgehead atoms. The molecule has 4 rings (SSSR count). The molecule has 1 heterocycles. The van der Waals surface area contributed by atoms with E-state index in [1.54, 1.807) is 0 Å². The summed E-state index contributed by atoms with van der Waals surface area (Å²) in [6.07, 6.45) is -0.270. The summed E-state index contributed by atoms with van der Waals surface area (Å²) >= 11 is 0. The zero-order chi connectivity index (χ0) is 24.9. The van der Waals surface area contributed by atoms with Crippen molar-refractivity contribution in [2.45, 2.75) is 33.4 Å². The molecule has 1 unspecified atom stereocenters. The Balaban J connectivity index is 1.23. The Morgan fingerprint density at radius 3 is 2.11 bits per heavy atom. The molecule has 0 spiro atoms. The maximum absolute atomic E-state index is 14.7. The van der Waals surface area contributed by atoms with E-state index in [0.717, 1.165) is 60.5 Å². The quantitative estimate of drug-likeness (QED) is 0.436. The van der Waals surface area contributed by atoms with Crippen LogP contribution in [0.3, 0.4) is 0 Å². The standard InChI is InChI=1S/C29H35F2N3O/c1-20-16-28(21(2)22(3)29(20)32)35-19-26(31)18-33-12-14-34(15-13-33)27-10-6-24(7-11-27)17-23-4-8-25(30)9-5-23/h4-11,16,26H,12-15,17-19,32H2,1-3H3. The number of nitrogen functional groups attached to an aromatic ring is 1. The summed E-state index contributed by atoms with van der Waals surface area (Å²) in [6, 6.07) is 17.1. The molecule has 1 fully saturated rings. The molecule has 1 saturated heterocycles. The third-order valence-electron chi connectivity index (χ3n) is 6.98. The molecule has 0 aliphatic carbocycles. The minimum Gasteiger partial charge on any atom is -0.490 e. The highest BCUT2D eigenvalue weighted by molar-refractivity contribution is 5.60. The van der Waals surface area contributed by atoms with Crippen molar-refractivity contribution in [2.24, 2.45) is 0 Å². The van der Waals surface area contributed by atoms with Gasteiger partial charge < -0.3 is 15.4 Å². The van der Waals surface area contributed by atoms with Crippen LogP contribution in [-0.2, 0) is 6.42 Å². The molecule has 6 heteroatoms. The average Bonchev–Trinajstić information content (AvgIpc) is 2.86. The number of hydrogen-bond donors (Lipinski definition) is 1. The van der Waals surface area contributed by atoms with E-state index in [1.807, 2.05) is 39.0 Å². The predicted molar refractivity (Wildman–Crippen MR) is 140 cm³/mol. The molecule has 0 saturated carbocycles. The second kappa shape index (κ2) is 11.1. The molecule has 3 aromatic carbocycles. The molecule has 1 aliphatic rings. The first-order valence-corrected chi connectivity index (χ1v) is 12.2. The summed E-state index contributed by atoms with van der Waals surface area (Å²) < 4.78 is 33.6. The third kappa shape index (κ3) is 6.31. The fourth-order valence-electron chi connectivity index (χ4n) is 4.58. The van der Waals surface area contributed by atoms with Gasteiger partial charge >= 0.3 is 0 Å². The Morgan fingerprint density at radius 1 is 0.886 bits per heavy atom. The maximum atomic E-state index is 14.7. The van der Waals surface area contributed by atoms with Gasteiger partial charge in [-0.05, 0) is 85.3 Å². The number of nitrogens with two attached hydrogens (primary N) is 1. The van der Waals surface area contributed by atoms with E-state index in [1.165, 1.54) is 23.4 Å². The van der Waals surface area contributed by atoms with Crippen molar-refractivity contribution in [3.8, 4) is 5.75 Å². The Morgan fingerprint density at radius 2 is 1.49 bits per heavy atom. The van der Waals surface area contributed by atoms with E-state index in [-0.39, 0.29) is 12.4 Å². The van der Waals surface area contributed by atoms with Gasteiger partial charge in [-0.3, -0.25) is 4.90 Å². The number of anilines is 2. The topological polar surface area (TPSA) is 41.7 Å². The van der Waals surface area contributed by atoms with Gasteiger partial charge in [0, 0.05) is 44.1 Å². The number of benzene rings is 3. The van der Waals surface area contributed by atoms with Gasteiger partial charge in [0.25, 0.3) is 0 Å². The van der Waals surface area contributed by atoms with Gasteiger partial charge in [0.15, 0.2) is 0 Å². The summed E-state index contributed by atoms with van der Waals surface area (Å²) in [4.78, 5) is 4.50. The molecule has 186 valence electrons. The van der Waals surface area contributed by atoms with Crippen LogP contribution in [0.4, 0.5) is 20.2 Å². The maximum Gasteiger partial charge on any atom is 0.147 e. The monoisotopic (exact) mass is 479 g/mol. The predicted octanol–water partition coefficient (Wildman–Crippen LogP) is 5.46. The van der Waals surface area contributed by atoms with Crippen molar-refractivity contribution in [1.29, 1.82) is 0 Å². The van der Waals surface area contributed by atoms with E-state index in [0.29, 0.717) is 12.3 Å². The molecule has 0 aromatic heterocycles. The highest BCUT2D eigenvalue weighted by Gasteiger charge is 2.21. The Kier molecular flexibility index (Phi) is 7.91. The van der Waals surface area contributed by atoms with Gasteiger partial charge in [-0.2, -0.15) is 0 Å². The largest absolute Gasteiger partial charge is 0.490 e. The van der Waals surface area contributed by atoms with Crippen molar-refractivity contribution in [1.82, 2.24) is 4.90 Å². The van der Waals surface area contributed by atoms with Crippen molar-refractivity contribution < 1.29 is 13.5 Å². The smallest absolute Gasteiger partial charge is 0.147 e. The molecule has 0 amide bonds. The minimum absolute atomic E-state index is 0.0410. The van der Waals surface area contributed by atoms with E-state index in [2.05, 4.69) is 34.1 Å². The van der Waals surface area contributed by atoms with Crippen LogP contribution >= 0.6 is 0 Å². The summed E-state index contributed by atoms with van der Waals surface area (Å²) in [7, 11) is 0. The number of rotatable bonds is 8. The SMILES string of the molecule is Cc1cc(OCC(F)CN2CCN(c3ccc(Cc4ccc(F)cc4)cc3)CC2)c(C)c(C)c1N. The van der Waals surface area contributed by atoms with Crippen LogP contribution in [0.1, 0.15) is 27.8 Å². The number of piperazine rings is 1. The van der Waals surface area contributed by atoms with E-state index < -0.39 is 6.17 Å². The first kappa shape index (κ1) is 25.0. The van der Waals surface area contributed by atoms with Crippen molar-refractivity contribution in [3.05, 3.63) is 88.2 Å². The normalized spacial score (nSPS) is 15.3. The van der Waals surface area contributed by atoms with Crippen LogP contribution in [-0.4, -0.2) is 50.4 Å². The summed E-state index contributed by atoms with van der Waals surface area (Å²) in [6.45, 7) is 9.64. The van der Waals surface area contributed by atoms with Crippen LogP contribution in [0.2, 0.25) is 0 Å². The first-order valence-electron chi connectivity index (χ1n) is 12.2. The van der Waals surface area contributed by atoms with Crippen molar-refractivity contribution in [3.63, 3.8) is 0 Å². The molecule has 1 aliphatic heterocycles. The highest BCUT2D eigenvalue weighted by Crippen LogP contribution is 2.29. The molecule has 2 N–H and O–H groups in total. The molecule has 1 atom stereocenters. The second-order valence-electron chi connectivity index (χ2n) is 9.52. The van der Waals surface area contributed by atoms with Gasteiger partial charge in [0.2, 0.25) is 0 Å². The lowest BCUT2D eigenvalue weighted by molar-refractivity contribution is 0.133. The highest BCUT2D eigenvalue weighted by atomic mass is 19.1. The third-order valence-corrected chi connectivity index (χ3v) is 6.98. The minimum atomic E-state index is -1.05. The average molecular weight is 480 g/mol. The first-order chi connectivity index (χ1) is 16.8. The summed E-state index contributed by atoms with van der Waals surface area (Å²) in [5.74, 6) is 0.501. The fourth-order valence-corrected chi connectivity index (χ4v) is 4.58.